The van der Waals surface area contributed by atoms with E-state index in [0.29, 0.717) is 17.2 Å². The van der Waals surface area contributed by atoms with Crippen LogP contribution in [0.3, 0.4) is 0 Å². The third-order valence-electron chi connectivity index (χ3n) is 4.11. The highest BCUT2D eigenvalue weighted by Crippen LogP contribution is 2.42. The van der Waals surface area contributed by atoms with Gasteiger partial charge in [-0.05, 0) is 25.0 Å². The number of benzene rings is 1. The average Bonchev–Trinajstić information content (AvgIpc) is 3.36. The normalized spacial score (nSPS) is 14.3. The Morgan fingerprint density at radius 2 is 2.04 bits per heavy atom. The standard InChI is InChI=1S/C17H15F2N5O2S/c1-27(25,26)24-13-7-10(18)6-11(14(13)19)15-16(12-4-5-20-8-21-12)23-17(22-15)9-2-3-9/h4-9,24H,2-3H2,1H3,(H,22,23). The van der Waals surface area contributed by atoms with Gasteiger partial charge in [0.25, 0.3) is 0 Å². The smallest absolute Gasteiger partial charge is 0.229 e. The highest BCUT2D eigenvalue weighted by Gasteiger charge is 2.30. The molecule has 10 heteroatoms. The Bertz CT molecular complexity index is 1110. The van der Waals surface area contributed by atoms with E-state index in [4.69, 9.17) is 0 Å². The zero-order chi connectivity index (χ0) is 19.2. The van der Waals surface area contributed by atoms with E-state index in [0.717, 1.165) is 31.2 Å². The molecule has 1 aliphatic carbocycles. The number of aromatic nitrogens is 4. The van der Waals surface area contributed by atoms with Crippen LogP contribution in [0, 0.1) is 11.6 Å². The predicted octanol–water partition coefficient (Wildman–Crippen LogP) is 3.06. The van der Waals surface area contributed by atoms with Gasteiger partial charge in [-0.15, -0.1) is 0 Å². The second kappa shape index (κ2) is 6.38. The lowest BCUT2D eigenvalue weighted by atomic mass is 10.1. The number of hydrogen-bond acceptors (Lipinski definition) is 5. The number of anilines is 1. The summed E-state index contributed by atoms with van der Waals surface area (Å²) in [6, 6.07) is 3.40. The minimum absolute atomic E-state index is 0.155. The summed E-state index contributed by atoms with van der Waals surface area (Å²) in [5.74, 6) is -0.794. The zero-order valence-electron chi connectivity index (χ0n) is 14.2. The average molecular weight is 391 g/mol. The van der Waals surface area contributed by atoms with E-state index in [9.17, 15) is 12.8 Å². The largest absolute Gasteiger partial charge is 0.340 e. The number of H-pyrrole nitrogens is 1. The molecule has 0 spiro atoms. The van der Waals surface area contributed by atoms with Gasteiger partial charge in [0.05, 0.1) is 23.3 Å². The van der Waals surface area contributed by atoms with Crippen molar-refractivity contribution in [1.29, 1.82) is 0 Å². The molecule has 2 aromatic heterocycles. The van der Waals surface area contributed by atoms with Crippen LogP contribution < -0.4 is 4.72 Å². The summed E-state index contributed by atoms with van der Waals surface area (Å²) >= 11 is 0. The van der Waals surface area contributed by atoms with Crippen LogP contribution in [0.1, 0.15) is 24.6 Å². The second-order valence-corrected chi connectivity index (χ2v) is 8.15. The van der Waals surface area contributed by atoms with E-state index in [1.54, 1.807) is 6.07 Å². The lowest BCUT2D eigenvalue weighted by Crippen LogP contribution is -2.11. The molecule has 27 heavy (non-hydrogen) atoms. The monoisotopic (exact) mass is 391 g/mol. The molecule has 7 nitrogen and oxygen atoms in total. The summed E-state index contributed by atoms with van der Waals surface area (Å²) in [4.78, 5) is 15.6. The SMILES string of the molecule is CS(=O)(=O)Nc1cc(F)cc(-c2nc(C3CC3)[nH]c2-c2ccncn2)c1F. The second-order valence-electron chi connectivity index (χ2n) is 6.40. The summed E-state index contributed by atoms with van der Waals surface area (Å²) in [5, 5.41) is 0. The first kappa shape index (κ1) is 17.5. The van der Waals surface area contributed by atoms with Gasteiger partial charge in [0.2, 0.25) is 10.0 Å². The number of nitrogens with one attached hydrogen (secondary N) is 2. The quantitative estimate of drug-likeness (QED) is 0.696. The summed E-state index contributed by atoms with van der Waals surface area (Å²) in [7, 11) is -3.78. The Morgan fingerprint density at radius 1 is 1.26 bits per heavy atom. The summed E-state index contributed by atoms with van der Waals surface area (Å²) < 4.78 is 54.0. The molecule has 1 aliphatic rings. The van der Waals surface area contributed by atoms with E-state index < -0.39 is 27.3 Å². The van der Waals surface area contributed by atoms with Gasteiger partial charge in [0, 0.05) is 23.7 Å². The van der Waals surface area contributed by atoms with Crippen molar-refractivity contribution in [2.45, 2.75) is 18.8 Å². The number of rotatable bonds is 5. The first-order chi connectivity index (χ1) is 12.8. The Morgan fingerprint density at radius 3 is 2.67 bits per heavy atom. The Kier molecular flexibility index (Phi) is 4.14. The molecule has 3 aromatic rings. The molecule has 2 heterocycles. The Hall–Kier alpha value is -2.88. The van der Waals surface area contributed by atoms with E-state index in [-0.39, 0.29) is 17.2 Å². The Balaban J connectivity index is 1.91. The number of sulfonamides is 1. The minimum atomic E-state index is -3.78. The van der Waals surface area contributed by atoms with Gasteiger partial charge in [-0.2, -0.15) is 0 Å². The molecule has 1 aromatic carbocycles. The highest BCUT2D eigenvalue weighted by atomic mass is 32.2. The number of hydrogen-bond donors (Lipinski definition) is 2. The van der Waals surface area contributed by atoms with Gasteiger partial charge in [0.1, 0.15) is 23.7 Å². The van der Waals surface area contributed by atoms with E-state index in [1.807, 2.05) is 4.72 Å². The summed E-state index contributed by atoms with van der Waals surface area (Å²) in [5.41, 5.74) is 0.439. The molecule has 0 amide bonds. The maximum Gasteiger partial charge on any atom is 0.229 e. The summed E-state index contributed by atoms with van der Waals surface area (Å²) in [6.45, 7) is 0. The molecule has 0 radical (unpaired) electrons. The topological polar surface area (TPSA) is 101 Å². The van der Waals surface area contributed by atoms with Gasteiger partial charge in [-0.25, -0.2) is 32.2 Å². The third kappa shape index (κ3) is 3.65. The predicted molar refractivity (Wildman–Crippen MR) is 95.4 cm³/mol. The number of aromatic amines is 1. The fourth-order valence-corrected chi connectivity index (χ4v) is 3.34. The summed E-state index contributed by atoms with van der Waals surface area (Å²) in [6.07, 6.45) is 5.66. The van der Waals surface area contributed by atoms with Crippen LogP contribution >= 0.6 is 0 Å². The molecule has 0 saturated heterocycles. The van der Waals surface area contributed by atoms with Crippen molar-refractivity contribution in [3.8, 4) is 22.6 Å². The van der Waals surface area contributed by atoms with Crippen LogP contribution in [-0.2, 0) is 10.0 Å². The molecule has 1 saturated carbocycles. The van der Waals surface area contributed by atoms with E-state index >= 15 is 4.39 Å². The fraction of sp³-hybridized carbons (Fsp3) is 0.235. The van der Waals surface area contributed by atoms with E-state index in [2.05, 4.69) is 19.9 Å². The highest BCUT2D eigenvalue weighted by molar-refractivity contribution is 7.92. The van der Waals surface area contributed by atoms with Crippen LogP contribution in [-0.4, -0.2) is 34.6 Å². The number of halogens is 2. The van der Waals surface area contributed by atoms with Crippen molar-refractivity contribution < 1.29 is 17.2 Å². The minimum Gasteiger partial charge on any atom is -0.340 e. The third-order valence-corrected chi connectivity index (χ3v) is 4.70. The van der Waals surface area contributed by atoms with E-state index in [1.165, 1.54) is 12.5 Å². The van der Waals surface area contributed by atoms with Gasteiger partial charge in [-0.1, -0.05) is 0 Å². The van der Waals surface area contributed by atoms with Crippen LogP contribution in [0.15, 0.2) is 30.7 Å². The van der Waals surface area contributed by atoms with Gasteiger partial charge >= 0.3 is 0 Å². The lowest BCUT2D eigenvalue weighted by molar-refractivity contribution is 0.599. The number of imidazole rings is 1. The first-order valence-electron chi connectivity index (χ1n) is 8.15. The van der Waals surface area contributed by atoms with Gasteiger partial charge in [0.15, 0.2) is 5.82 Å². The van der Waals surface area contributed by atoms with Crippen molar-refractivity contribution in [2.75, 3.05) is 11.0 Å². The molecule has 0 bridgehead atoms. The zero-order valence-corrected chi connectivity index (χ0v) is 15.0. The van der Waals surface area contributed by atoms with Crippen molar-refractivity contribution in [3.63, 3.8) is 0 Å². The maximum atomic E-state index is 15.0. The molecular weight excluding hydrogens is 376 g/mol. The maximum absolute atomic E-state index is 15.0. The molecule has 0 aliphatic heterocycles. The molecule has 1 fully saturated rings. The van der Waals surface area contributed by atoms with Gasteiger partial charge < -0.3 is 4.98 Å². The molecule has 4 rings (SSSR count). The first-order valence-corrected chi connectivity index (χ1v) is 10.0. The molecule has 0 atom stereocenters. The lowest BCUT2D eigenvalue weighted by Gasteiger charge is -2.10. The van der Waals surface area contributed by atoms with Crippen LogP contribution in [0.2, 0.25) is 0 Å². The molecular formula is C17H15F2N5O2S. The molecule has 140 valence electrons. The molecule has 0 unspecified atom stereocenters. The van der Waals surface area contributed by atoms with Crippen molar-refractivity contribution >= 4 is 15.7 Å². The van der Waals surface area contributed by atoms with Crippen molar-refractivity contribution in [3.05, 3.63) is 48.2 Å². The van der Waals surface area contributed by atoms with Crippen LogP contribution in [0.4, 0.5) is 14.5 Å². The number of nitrogens with zero attached hydrogens (tertiary/aromatic N) is 3. The molecule has 2 N–H and O–H groups in total. The van der Waals surface area contributed by atoms with Crippen molar-refractivity contribution in [1.82, 2.24) is 19.9 Å². The van der Waals surface area contributed by atoms with Crippen molar-refractivity contribution in [2.24, 2.45) is 0 Å². The fourth-order valence-electron chi connectivity index (χ4n) is 2.80. The Labute approximate surface area is 154 Å². The van der Waals surface area contributed by atoms with Crippen LogP contribution in [0.5, 0.6) is 0 Å². The van der Waals surface area contributed by atoms with Crippen LogP contribution in [0.25, 0.3) is 22.6 Å². The van der Waals surface area contributed by atoms with Gasteiger partial charge in [-0.3, -0.25) is 4.72 Å².